The third kappa shape index (κ3) is 3.05. The van der Waals surface area contributed by atoms with E-state index in [1.165, 1.54) is 11.8 Å². The van der Waals surface area contributed by atoms with E-state index in [4.69, 9.17) is 0 Å². The highest BCUT2D eigenvalue weighted by Gasteiger charge is 1.99. The Hall–Kier alpha value is -0.830. The summed E-state index contributed by atoms with van der Waals surface area (Å²) >= 11 is 1.35. The summed E-state index contributed by atoms with van der Waals surface area (Å²) in [6, 6.07) is 3.86. The molecule has 0 aliphatic carbocycles. The third-order valence-corrected chi connectivity index (χ3v) is 2.50. The minimum absolute atomic E-state index is 0.235. The number of rotatable bonds is 3. The van der Waals surface area contributed by atoms with E-state index in [1.807, 2.05) is 19.1 Å². The SMILES string of the molecule is CCC(=O)SCc1cccnc1. The zero-order valence-electron chi connectivity index (χ0n) is 6.99. The van der Waals surface area contributed by atoms with E-state index >= 15 is 0 Å². The second-order valence-corrected chi connectivity index (χ2v) is 3.41. The molecule has 1 rings (SSSR count). The predicted octanol–water partition coefficient (Wildman–Crippen LogP) is 2.25. The fraction of sp³-hybridized carbons (Fsp3) is 0.333. The highest BCUT2D eigenvalue weighted by Crippen LogP contribution is 2.12. The molecule has 1 heterocycles. The van der Waals surface area contributed by atoms with Crippen LogP contribution in [0.25, 0.3) is 0 Å². The summed E-state index contributed by atoms with van der Waals surface area (Å²) in [5.74, 6) is 0.737. The van der Waals surface area contributed by atoms with Crippen LogP contribution in [0, 0.1) is 0 Å². The molecule has 0 aliphatic rings. The lowest BCUT2D eigenvalue weighted by atomic mass is 10.3. The molecule has 1 aromatic rings. The van der Waals surface area contributed by atoms with Crippen LogP contribution in [0.1, 0.15) is 18.9 Å². The first kappa shape index (κ1) is 9.26. The van der Waals surface area contributed by atoms with Crippen molar-refractivity contribution in [2.24, 2.45) is 0 Å². The van der Waals surface area contributed by atoms with Crippen molar-refractivity contribution in [3.05, 3.63) is 30.1 Å². The lowest BCUT2D eigenvalue weighted by molar-refractivity contribution is -0.110. The summed E-state index contributed by atoms with van der Waals surface area (Å²) in [6.45, 7) is 1.87. The lowest BCUT2D eigenvalue weighted by Gasteiger charge is -1.97. The summed E-state index contributed by atoms with van der Waals surface area (Å²) in [5, 5.41) is 0.235. The van der Waals surface area contributed by atoms with Crippen LogP contribution in [0.15, 0.2) is 24.5 Å². The Labute approximate surface area is 76.4 Å². The molecule has 12 heavy (non-hydrogen) atoms. The van der Waals surface area contributed by atoms with Gasteiger partial charge < -0.3 is 0 Å². The molecule has 0 amide bonds. The number of carbonyl (C=O) groups is 1. The van der Waals surface area contributed by atoms with Crippen LogP contribution in [-0.4, -0.2) is 10.1 Å². The maximum atomic E-state index is 10.9. The normalized spacial score (nSPS) is 9.75. The van der Waals surface area contributed by atoms with Gasteiger partial charge in [-0.15, -0.1) is 0 Å². The van der Waals surface area contributed by atoms with Crippen molar-refractivity contribution >= 4 is 16.9 Å². The van der Waals surface area contributed by atoms with Crippen LogP contribution < -0.4 is 0 Å². The Morgan fingerprint density at radius 3 is 3.08 bits per heavy atom. The number of carbonyl (C=O) groups excluding carboxylic acids is 1. The van der Waals surface area contributed by atoms with Crippen molar-refractivity contribution in [2.45, 2.75) is 19.1 Å². The quantitative estimate of drug-likeness (QED) is 0.716. The largest absolute Gasteiger partial charge is 0.287 e. The Morgan fingerprint density at radius 2 is 2.50 bits per heavy atom. The Bertz CT molecular complexity index is 248. The van der Waals surface area contributed by atoms with Crippen LogP contribution in [-0.2, 0) is 10.5 Å². The smallest absolute Gasteiger partial charge is 0.188 e. The molecule has 0 spiro atoms. The van der Waals surface area contributed by atoms with Crippen molar-refractivity contribution < 1.29 is 4.79 Å². The minimum Gasteiger partial charge on any atom is -0.287 e. The average molecular weight is 181 g/mol. The summed E-state index contributed by atoms with van der Waals surface area (Å²) in [4.78, 5) is 14.9. The van der Waals surface area contributed by atoms with Crippen molar-refractivity contribution in [1.82, 2.24) is 4.98 Å². The number of thioether (sulfide) groups is 1. The average Bonchev–Trinajstić information content (AvgIpc) is 2.16. The van der Waals surface area contributed by atoms with Gasteiger partial charge in [-0.1, -0.05) is 24.8 Å². The number of aromatic nitrogens is 1. The molecule has 0 N–H and O–H groups in total. The Balaban J connectivity index is 2.38. The molecule has 0 radical (unpaired) electrons. The van der Waals surface area contributed by atoms with Crippen LogP contribution >= 0.6 is 11.8 Å². The summed E-state index contributed by atoms with van der Waals surface area (Å²) in [7, 11) is 0. The summed E-state index contributed by atoms with van der Waals surface area (Å²) in [6.07, 6.45) is 4.12. The number of nitrogens with zero attached hydrogens (tertiary/aromatic N) is 1. The first-order valence-electron chi connectivity index (χ1n) is 3.87. The molecule has 1 aromatic heterocycles. The molecule has 64 valence electrons. The number of hydrogen-bond acceptors (Lipinski definition) is 3. The van der Waals surface area contributed by atoms with Crippen LogP contribution in [0.3, 0.4) is 0 Å². The molecule has 0 saturated carbocycles. The lowest BCUT2D eigenvalue weighted by Crippen LogP contribution is -1.89. The maximum absolute atomic E-state index is 10.9. The van der Waals surface area contributed by atoms with Gasteiger partial charge in [0, 0.05) is 24.6 Å². The van der Waals surface area contributed by atoms with Gasteiger partial charge in [0.05, 0.1) is 0 Å². The van der Waals surface area contributed by atoms with Gasteiger partial charge in [0.1, 0.15) is 0 Å². The molecule has 0 bridgehead atoms. The van der Waals surface area contributed by atoms with Crippen molar-refractivity contribution in [1.29, 1.82) is 0 Å². The number of hydrogen-bond donors (Lipinski definition) is 0. The predicted molar refractivity (Wildman–Crippen MR) is 50.8 cm³/mol. The van der Waals surface area contributed by atoms with Gasteiger partial charge >= 0.3 is 0 Å². The van der Waals surface area contributed by atoms with Crippen LogP contribution in [0.2, 0.25) is 0 Å². The van der Waals surface area contributed by atoms with Crippen LogP contribution in [0.4, 0.5) is 0 Å². The van der Waals surface area contributed by atoms with Gasteiger partial charge in [-0.05, 0) is 11.6 Å². The van der Waals surface area contributed by atoms with E-state index in [0.717, 1.165) is 11.3 Å². The fourth-order valence-electron chi connectivity index (χ4n) is 0.749. The van der Waals surface area contributed by atoms with E-state index in [1.54, 1.807) is 12.4 Å². The molecule has 0 atom stereocenters. The van der Waals surface area contributed by atoms with Crippen LogP contribution in [0.5, 0.6) is 0 Å². The van der Waals surface area contributed by atoms with E-state index in [-0.39, 0.29) is 5.12 Å². The molecule has 3 heteroatoms. The standard InChI is InChI=1S/C9H11NOS/c1-2-9(11)12-7-8-4-3-5-10-6-8/h3-6H,2,7H2,1H3. The zero-order chi connectivity index (χ0) is 8.81. The number of pyridine rings is 1. The Kier molecular flexibility index (Phi) is 3.80. The zero-order valence-corrected chi connectivity index (χ0v) is 7.80. The summed E-state index contributed by atoms with van der Waals surface area (Å²) in [5.41, 5.74) is 1.10. The monoisotopic (exact) mass is 181 g/mol. The van der Waals surface area contributed by atoms with Gasteiger partial charge in [-0.2, -0.15) is 0 Å². The van der Waals surface area contributed by atoms with E-state index in [2.05, 4.69) is 4.98 Å². The molecule has 0 unspecified atom stereocenters. The van der Waals surface area contributed by atoms with Gasteiger partial charge in [0.2, 0.25) is 0 Å². The first-order valence-corrected chi connectivity index (χ1v) is 4.86. The molecular formula is C9H11NOS. The van der Waals surface area contributed by atoms with Gasteiger partial charge in [0.15, 0.2) is 5.12 Å². The highest BCUT2D eigenvalue weighted by molar-refractivity contribution is 8.12. The van der Waals surface area contributed by atoms with Gasteiger partial charge in [0.25, 0.3) is 0 Å². The van der Waals surface area contributed by atoms with Crippen molar-refractivity contribution in [3.8, 4) is 0 Å². The van der Waals surface area contributed by atoms with E-state index in [0.29, 0.717) is 6.42 Å². The highest BCUT2D eigenvalue weighted by atomic mass is 32.2. The van der Waals surface area contributed by atoms with Gasteiger partial charge in [-0.25, -0.2) is 0 Å². The second-order valence-electron chi connectivity index (χ2n) is 2.38. The molecule has 0 fully saturated rings. The Morgan fingerprint density at radius 1 is 1.67 bits per heavy atom. The molecule has 0 aromatic carbocycles. The first-order chi connectivity index (χ1) is 5.83. The van der Waals surface area contributed by atoms with Gasteiger partial charge in [-0.3, -0.25) is 9.78 Å². The topological polar surface area (TPSA) is 30.0 Å². The molecule has 2 nitrogen and oxygen atoms in total. The van der Waals surface area contributed by atoms with E-state index in [9.17, 15) is 4.79 Å². The van der Waals surface area contributed by atoms with Crippen molar-refractivity contribution in [3.63, 3.8) is 0 Å². The van der Waals surface area contributed by atoms with E-state index < -0.39 is 0 Å². The third-order valence-electron chi connectivity index (χ3n) is 1.41. The second kappa shape index (κ2) is 4.93. The fourth-order valence-corrected chi connectivity index (χ4v) is 1.45. The van der Waals surface area contributed by atoms with Crippen molar-refractivity contribution in [2.75, 3.05) is 0 Å². The molecular weight excluding hydrogens is 170 g/mol. The summed E-state index contributed by atoms with van der Waals surface area (Å²) < 4.78 is 0. The molecule has 0 aliphatic heterocycles. The maximum Gasteiger partial charge on any atom is 0.188 e. The minimum atomic E-state index is 0.235. The molecule has 0 saturated heterocycles.